The molecule has 2 aromatic rings. The molecule has 0 aromatic carbocycles. The fourth-order valence-corrected chi connectivity index (χ4v) is 3.46. The molecular weight excluding hydrogens is 314 g/mol. The first-order chi connectivity index (χ1) is 12.3. The summed E-state index contributed by atoms with van der Waals surface area (Å²) in [4.78, 5) is 24.9. The first-order valence-corrected chi connectivity index (χ1v) is 9.21. The Bertz CT molecular complexity index is 689. The van der Waals surface area contributed by atoms with E-state index in [9.17, 15) is 0 Å². The van der Waals surface area contributed by atoms with Crippen molar-refractivity contribution in [2.24, 2.45) is 0 Å². The summed E-state index contributed by atoms with van der Waals surface area (Å²) in [6, 6.07) is 2.13. The van der Waals surface area contributed by atoms with Gasteiger partial charge in [-0.3, -0.25) is 0 Å². The molecule has 2 saturated heterocycles. The maximum absolute atomic E-state index is 4.50. The van der Waals surface area contributed by atoms with Crippen molar-refractivity contribution < 1.29 is 0 Å². The molecule has 0 atom stereocenters. The summed E-state index contributed by atoms with van der Waals surface area (Å²) in [6.45, 7) is 8.01. The van der Waals surface area contributed by atoms with E-state index in [1.807, 2.05) is 12.4 Å². The van der Waals surface area contributed by atoms with E-state index in [1.165, 1.54) is 18.4 Å². The van der Waals surface area contributed by atoms with Gasteiger partial charge in [0.2, 0.25) is 5.95 Å². The summed E-state index contributed by atoms with van der Waals surface area (Å²) in [5.74, 6) is 2.92. The maximum Gasteiger partial charge on any atom is 0.225 e. The summed E-state index contributed by atoms with van der Waals surface area (Å²) >= 11 is 0. The van der Waals surface area contributed by atoms with Crippen LogP contribution in [0.3, 0.4) is 0 Å². The molecule has 25 heavy (non-hydrogen) atoms. The topological polar surface area (TPSA) is 61.3 Å². The lowest BCUT2D eigenvalue weighted by molar-refractivity contribution is 0.633. The zero-order valence-corrected chi connectivity index (χ0v) is 14.8. The summed E-state index contributed by atoms with van der Waals surface area (Å²) in [6.07, 6.45) is 9.05. The van der Waals surface area contributed by atoms with Gasteiger partial charge in [-0.25, -0.2) is 19.9 Å². The van der Waals surface area contributed by atoms with Crippen molar-refractivity contribution in [2.45, 2.75) is 26.2 Å². The Balaban J connectivity index is 1.40. The van der Waals surface area contributed by atoms with Gasteiger partial charge in [0, 0.05) is 57.7 Å². The zero-order chi connectivity index (χ0) is 17.1. The normalized spacial score (nSPS) is 18.0. The van der Waals surface area contributed by atoms with Gasteiger partial charge >= 0.3 is 0 Å². The van der Waals surface area contributed by atoms with E-state index in [1.54, 1.807) is 6.33 Å². The molecule has 2 aromatic heterocycles. The fraction of sp³-hybridized carbons (Fsp3) is 0.556. The largest absolute Gasteiger partial charge is 0.356 e. The Morgan fingerprint density at radius 3 is 1.92 bits per heavy atom. The average Bonchev–Trinajstić information content (AvgIpc) is 3.23. The lowest BCUT2D eigenvalue weighted by Gasteiger charge is -2.35. The van der Waals surface area contributed by atoms with Crippen molar-refractivity contribution in [2.75, 3.05) is 54.0 Å². The van der Waals surface area contributed by atoms with Gasteiger partial charge in [0.05, 0.1) is 0 Å². The lowest BCUT2D eigenvalue weighted by Crippen LogP contribution is -2.47. The van der Waals surface area contributed by atoms with Crippen LogP contribution in [0.2, 0.25) is 0 Å². The van der Waals surface area contributed by atoms with Gasteiger partial charge in [-0.2, -0.15) is 0 Å². The first-order valence-electron chi connectivity index (χ1n) is 9.21. The van der Waals surface area contributed by atoms with Crippen LogP contribution in [0.25, 0.3) is 0 Å². The van der Waals surface area contributed by atoms with Gasteiger partial charge < -0.3 is 14.7 Å². The minimum absolute atomic E-state index is 0.831. The third-order valence-corrected chi connectivity index (χ3v) is 5.05. The number of hydrogen-bond donors (Lipinski definition) is 0. The standard InChI is InChI=1S/C18H25N7/c1-2-15-12-19-18(20-13-15)25-9-7-24(8-10-25)17-11-16(21-14-22-17)23-5-3-4-6-23/h11-14H,2-10H2,1H3. The fourth-order valence-electron chi connectivity index (χ4n) is 3.46. The molecule has 0 spiro atoms. The predicted octanol–water partition coefficient (Wildman–Crippen LogP) is 1.76. The minimum atomic E-state index is 0.831. The Morgan fingerprint density at radius 2 is 1.32 bits per heavy atom. The van der Waals surface area contributed by atoms with Gasteiger partial charge in [0.1, 0.15) is 18.0 Å². The van der Waals surface area contributed by atoms with E-state index < -0.39 is 0 Å². The molecule has 4 heterocycles. The van der Waals surface area contributed by atoms with Crippen molar-refractivity contribution in [3.8, 4) is 0 Å². The number of aromatic nitrogens is 4. The molecule has 2 fully saturated rings. The number of anilines is 3. The molecule has 0 amide bonds. The molecule has 0 bridgehead atoms. The zero-order valence-electron chi connectivity index (χ0n) is 14.8. The van der Waals surface area contributed by atoms with Crippen LogP contribution in [0.4, 0.5) is 17.6 Å². The molecule has 2 aliphatic heterocycles. The van der Waals surface area contributed by atoms with Crippen LogP contribution < -0.4 is 14.7 Å². The van der Waals surface area contributed by atoms with Crippen LogP contribution in [0.15, 0.2) is 24.8 Å². The smallest absolute Gasteiger partial charge is 0.225 e. The van der Waals surface area contributed by atoms with E-state index in [-0.39, 0.29) is 0 Å². The molecule has 132 valence electrons. The number of hydrogen-bond acceptors (Lipinski definition) is 7. The molecule has 0 unspecified atom stereocenters. The molecule has 4 rings (SSSR count). The van der Waals surface area contributed by atoms with Crippen molar-refractivity contribution in [3.63, 3.8) is 0 Å². The molecule has 0 radical (unpaired) electrons. The van der Waals surface area contributed by atoms with Gasteiger partial charge in [-0.1, -0.05) is 6.92 Å². The molecule has 0 saturated carbocycles. The first kappa shape index (κ1) is 16.1. The Hall–Kier alpha value is -2.44. The maximum atomic E-state index is 4.50. The molecule has 7 nitrogen and oxygen atoms in total. The molecule has 2 aliphatic rings. The van der Waals surface area contributed by atoms with Crippen LogP contribution in [0.1, 0.15) is 25.3 Å². The number of aryl methyl sites for hydroxylation is 1. The third kappa shape index (κ3) is 3.50. The number of rotatable bonds is 4. The average molecular weight is 339 g/mol. The molecular formula is C18H25N7. The van der Waals surface area contributed by atoms with Gasteiger partial charge in [0.15, 0.2) is 0 Å². The predicted molar refractivity (Wildman–Crippen MR) is 99.3 cm³/mol. The van der Waals surface area contributed by atoms with Crippen LogP contribution >= 0.6 is 0 Å². The van der Waals surface area contributed by atoms with E-state index in [0.29, 0.717) is 0 Å². The van der Waals surface area contributed by atoms with E-state index in [0.717, 1.165) is 63.3 Å². The van der Waals surface area contributed by atoms with Crippen LogP contribution in [0.5, 0.6) is 0 Å². The van der Waals surface area contributed by atoms with Crippen LogP contribution in [0, 0.1) is 0 Å². The highest BCUT2D eigenvalue weighted by Gasteiger charge is 2.21. The monoisotopic (exact) mass is 339 g/mol. The second kappa shape index (κ2) is 7.21. The number of nitrogens with zero attached hydrogens (tertiary/aromatic N) is 7. The third-order valence-electron chi connectivity index (χ3n) is 5.05. The highest BCUT2D eigenvalue weighted by Crippen LogP contribution is 2.22. The Morgan fingerprint density at radius 1 is 0.760 bits per heavy atom. The second-order valence-corrected chi connectivity index (χ2v) is 6.65. The summed E-state index contributed by atoms with van der Waals surface area (Å²) in [5.41, 5.74) is 1.18. The highest BCUT2D eigenvalue weighted by atomic mass is 15.3. The summed E-state index contributed by atoms with van der Waals surface area (Å²) < 4.78 is 0. The SMILES string of the molecule is CCc1cnc(N2CCN(c3cc(N4CCCC4)ncn3)CC2)nc1. The highest BCUT2D eigenvalue weighted by molar-refractivity contribution is 5.51. The molecule has 0 aliphatic carbocycles. The second-order valence-electron chi connectivity index (χ2n) is 6.65. The number of piperazine rings is 1. The van der Waals surface area contributed by atoms with Gasteiger partial charge in [0.25, 0.3) is 0 Å². The van der Waals surface area contributed by atoms with Gasteiger partial charge in [-0.15, -0.1) is 0 Å². The molecule has 7 heteroatoms. The Labute approximate surface area is 148 Å². The minimum Gasteiger partial charge on any atom is -0.356 e. The van der Waals surface area contributed by atoms with E-state index >= 15 is 0 Å². The van der Waals surface area contributed by atoms with Crippen molar-refractivity contribution in [3.05, 3.63) is 30.4 Å². The van der Waals surface area contributed by atoms with Crippen molar-refractivity contribution in [1.82, 2.24) is 19.9 Å². The summed E-state index contributed by atoms with van der Waals surface area (Å²) in [5, 5.41) is 0. The van der Waals surface area contributed by atoms with Gasteiger partial charge in [-0.05, 0) is 24.8 Å². The lowest BCUT2D eigenvalue weighted by atomic mass is 10.3. The van der Waals surface area contributed by atoms with Crippen LogP contribution in [-0.4, -0.2) is 59.2 Å². The molecule has 0 N–H and O–H groups in total. The quantitative estimate of drug-likeness (QED) is 0.841. The Kier molecular flexibility index (Phi) is 4.63. The van der Waals surface area contributed by atoms with Crippen molar-refractivity contribution in [1.29, 1.82) is 0 Å². The van der Waals surface area contributed by atoms with E-state index in [2.05, 4.69) is 47.6 Å². The van der Waals surface area contributed by atoms with E-state index in [4.69, 9.17) is 0 Å². The summed E-state index contributed by atoms with van der Waals surface area (Å²) in [7, 11) is 0. The van der Waals surface area contributed by atoms with Crippen molar-refractivity contribution >= 4 is 17.6 Å². The van der Waals surface area contributed by atoms with Crippen LogP contribution in [-0.2, 0) is 6.42 Å².